The zero-order chi connectivity index (χ0) is 22.8. The van der Waals surface area contributed by atoms with Gasteiger partial charge in [0, 0.05) is 50.7 Å². The van der Waals surface area contributed by atoms with Gasteiger partial charge in [0.15, 0.2) is 0 Å². The van der Waals surface area contributed by atoms with Crippen LogP contribution in [0.25, 0.3) is 11.0 Å². The van der Waals surface area contributed by atoms with Crippen molar-refractivity contribution in [3.05, 3.63) is 58.5 Å². The molecule has 3 aromatic rings. The summed E-state index contributed by atoms with van der Waals surface area (Å²) >= 11 is 0. The standard InChI is InChI=1S/C25H32N6O2/c1-2-3-18-4-5-23-22(14-18)28-25(33)31(23)21-8-10-29(11-9-21)20-6-12-30(13-7-20)24(32)19-15-26-17-27-16-19/h4-5,14-17,20-21H,2-3,6-13H2,1H3,(H,28,33). The van der Waals surface area contributed by atoms with E-state index in [2.05, 4.69) is 45.0 Å². The first-order valence-corrected chi connectivity index (χ1v) is 12.2. The molecule has 0 radical (unpaired) electrons. The number of aromatic nitrogens is 4. The molecule has 2 fully saturated rings. The lowest BCUT2D eigenvalue weighted by atomic mass is 9.97. The van der Waals surface area contributed by atoms with Gasteiger partial charge in [-0.15, -0.1) is 0 Å². The summed E-state index contributed by atoms with van der Waals surface area (Å²) in [7, 11) is 0. The second-order valence-electron chi connectivity index (χ2n) is 9.32. The molecule has 1 N–H and O–H groups in total. The fourth-order valence-corrected chi connectivity index (χ4v) is 5.52. The Kier molecular flexibility index (Phi) is 6.26. The predicted molar refractivity (Wildman–Crippen MR) is 127 cm³/mol. The fourth-order valence-electron chi connectivity index (χ4n) is 5.52. The van der Waals surface area contributed by atoms with E-state index in [9.17, 15) is 9.59 Å². The van der Waals surface area contributed by atoms with Gasteiger partial charge in [0.2, 0.25) is 0 Å². The van der Waals surface area contributed by atoms with E-state index >= 15 is 0 Å². The average molecular weight is 449 g/mol. The third-order valence-electron chi connectivity index (χ3n) is 7.26. The fraction of sp³-hybridized carbons (Fsp3) is 0.520. The van der Waals surface area contributed by atoms with Gasteiger partial charge in [-0.1, -0.05) is 19.4 Å². The molecule has 0 aliphatic carbocycles. The van der Waals surface area contributed by atoms with Crippen molar-refractivity contribution >= 4 is 16.9 Å². The first-order valence-electron chi connectivity index (χ1n) is 12.2. The number of hydrogen-bond acceptors (Lipinski definition) is 5. The highest BCUT2D eigenvalue weighted by Crippen LogP contribution is 2.29. The van der Waals surface area contributed by atoms with Gasteiger partial charge in [0.25, 0.3) is 5.91 Å². The molecule has 0 bridgehead atoms. The van der Waals surface area contributed by atoms with Crippen LogP contribution in [0, 0.1) is 0 Å². The number of nitrogens with one attached hydrogen (secondary N) is 1. The summed E-state index contributed by atoms with van der Waals surface area (Å²) in [4.78, 5) is 40.9. The van der Waals surface area contributed by atoms with Gasteiger partial charge < -0.3 is 14.8 Å². The van der Waals surface area contributed by atoms with Crippen molar-refractivity contribution < 1.29 is 4.79 Å². The Morgan fingerprint density at radius 2 is 1.73 bits per heavy atom. The van der Waals surface area contributed by atoms with E-state index in [0.29, 0.717) is 11.6 Å². The Morgan fingerprint density at radius 1 is 1.03 bits per heavy atom. The SMILES string of the molecule is CCCc1ccc2c(c1)[nH]c(=O)n2C1CCN(C2CCN(C(=O)c3cncnc3)CC2)CC1. The van der Waals surface area contributed by atoms with E-state index < -0.39 is 0 Å². The third kappa shape index (κ3) is 4.44. The van der Waals surface area contributed by atoms with Gasteiger partial charge in [-0.3, -0.25) is 9.36 Å². The van der Waals surface area contributed by atoms with Crippen LogP contribution in [-0.4, -0.2) is 67.4 Å². The minimum absolute atomic E-state index is 0.00816. The van der Waals surface area contributed by atoms with Crippen molar-refractivity contribution in [3.63, 3.8) is 0 Å². The molecule has 1 amide bonds. The van der Waals surface area contributed by atoms with Crippen LogP contribution in [0.1, 0.15) is 61.0 Å². The van der Waals surface area contributed by atoms with Crippen molar-refractivity contribution in [2.75, 3.05) is 26.2 Å². The molecule has 1 aromatic carbocycles. The molecule has 2 saturated heterocycles. The zero-order valence-electron chi connectivity index (χ0n) is 19.2. The summed E-state index contributed by atoms with van der Waals surface area (Å²) in [6.45, 7) is 5.68. The Labute approximate surface area is 193 Å². The molecule has 8 nitrogen and oxygen atoms in total. The number of hydrogen-bond donors (Lipinski definition) is 1. The molecule has 5 rings (SSSR count). The maximum Gasteiger partial charge on any atom is 0.326 e. The van der Waals surface area contributed by atoms with E-state index in [0.717, 1.165) is 75.7 Å². The zero-order valence-corrected chi connectivity index (χ0v) is 19.2. The summed E-state index contributed by atoms with van der Waals surface area (Å²) in [5.74, 6) is 0.0218. The van der Waals surface area contributed by atoms with E-state index in [-0.39, 0.29) is 17.6 Å². The summed E-state index contributed by atoms with van der Waals surface area (Å²) < 4.78 is 1.98. The number of H-pyrrole nitrogens is 1. The molecule has 2 aliphatic rings. The molecule has 0 spiro atoms. The normalized spacial score (nSPS) is 18.8. The largest absolute Gasteiger partial charge is 0.338 e. The van der Waals surface area contributed by atoms with Crippen LogP contribution < -0.4 is 5.69 Å². The van der Waals surface area contributed by atoms with Crippen LogP contribution in [0.4, 0.5) is 0 Å². The Morgan fingerprint density at radius 3 is 2.42 bits per heavy atom. The quantitative estimate of drug-likeness (QED) is 0.648. The maximum atomic E-state index is 12.8. The van der Waals surface area contributed by atoms with Gasteiger partial charge in [0.05, 0.1) is 16.6 Å². The van der Waals surface area contributed by atoms with Gasteiger partial charge in [-0.05, 0) is 49.8 Å². The lowest BCUT2D eigenvalue weighted by molar-refractivity contribution is 0.0557. The molecule has 33 heavy (non-hydrogen) atoms. The van der Waals surface area contributed by atoms with Crippen LogP contribution in [0.3, 0.4) is 0 Å². The molecule has 2 aliphatic heterocycles. The summed E-state index contributed by atoms with van der Waals surface area (Å²) in [5, 5.41) is 0. The number of aromatic amines is 1. The highest BCUT2D eigenvalue weighted by molar-refractivity contribution is 5.93. The summed E-state index contributed by atoms with van der Waals surface area (Å²) in [6.07, 6.45) is 10.7. The number of carbonyl (C=O) groups is 1. The highest BCUT2D eigenvalue weighted by Gasteiger charge is 2.31. The van der Waals surface area contributed by atoms with Crippen LogP contribution in [-0.2, 0) is 6.42 Å². The number of aryl methyl sites for hydroxylation is 1. The third-order valence-corrected chi connectivity index (χ3v) is 7.26. The van der Waals surface area contributed by atoms with Gasteiger partial charge in [0.1, 0.15) is 6.33 Å². The minimum Gasteiger partial charge on any atom is -0.338 e. The second-order valence-corrected chi connectivity index (χ2v) is 9.32. The van der Waals surface area contributed by atoms with Crippen molar-refractivity contribution in [1.82, 2.24) is 29.3 Å². The average Bonchev–Trinajstić information content (AvgIpc) is 3.19. The molecule has 0 unspecified atom stereocenters. The molecule has 0 atom stereocenters. The van der Waals surface area contributed by atoms with Crippen molar-refractivity contribution in [2.24, 2.45) is 0 Å². The monoisotopic (exact) mass is 448 g/mol. The van der Waals surface area contributed by atoms with Crippen LogP contribution in [0.15, 0.2) is 41.7 Å². The highest BCUT2D eigenvalue weighted by atomic mass is 16.2. The van der Waals surface area contributed by atoms with E-state index in [1.165, 1.54) is 11.9 Å². The summed E-state index contributed by atoms with van der Waals surface area (Å²) in [6, 6.07) is 7.12. The Balaban J connectivity index is 1.19. The van der Waals surface area contributed by atoms with Crippen molar-refractivity contribution in [3.8, 4) is 0 Å². The van der Waals surface area contributed by atoms with E-state index in [1.54, 1.807) is 12.4 Å². The second kappa shape index (κ2) is 9.47. The number of fused-ring (bicyclic) bond motifs is 1. The number of benzene rings is 1. The maximum absolute atomic E-state index is 12.8. The molecular weight excluding hydrogens is 416 g/mol. The number of carbonyl (C=O) groups excluding carboxylic acids is 1. The molecule has 8 heteroatoms. The van der Waals surface area contributed by atoms with Crippen molar-refractivity contribution in [1.29, 1.82) is 0 Å². The molecule has 4 heterocycles. The number of imidazole rings is 1. The predicted octanol–water partition coefficient (Wildman–Crippen LogP) is 3.01. The number of rotatable bonds is 5. The Hall–Kier alpha value is -3.00. The first kappa shape index (κ1) is 21.8. The first-order chi connectivity index (χ1) is 16.1. The van der Waals surface area contributed by atoms with Crippen molar-refractivity contribution in [2.45, 2.75) is 57.5 Å². The van der Waals surface area contributed by atoms with Gasteiger partial charge >= 0.3 is 5.69 Å². The lowest BCUT2D eigenvalue weighted by Gasteiger charge is -2.42. The smallest absolute Gasteiger partial charge is 0.326 e. The number of amides is 1. The lowest BCUT2D eigenvalue weighted by Crippen LogP contribution is -2.49. The van der Waals surface area contributed by atoms with Gasteiger partial charge in [-0.25, -0.2) is 14.8 Å². The van der Waals surface area contributed by atoms with Crippen LogP contribution >= 0.6 is 0 Å². The molecule has 0 saturated carbocycles. The summed E-state index contributed by atoms with van der Waals surface area (Å²) in [5.41, 5.74) is 3.82. The minimum atomic E-state index is 0.00816. The van der Waals surface area contributed by atoms with E-state index in [1.807, 2.05) is 9.47 Å². The van der Waals surface area contributed by atoms with Gasteiger partial charge in [-0.2, -0.15) is 0 Å². The number of piperidine rings is 2. The number of likely N-dealkylation sites (tertiary alicyclic amines) is 2. The molecular formula is C25H32N6O2. The molecule has 174 valence electrons. The van der Waals surface area contributed by atoms with Crippen LogP contribution in [0.2, 0.25) is 0 Å². The topological polar surface area (TPSA) is 87.1 Å². The molecule has 2 aromatic heterocycles. The van der Waals surface area contributed by atoms with E-state index in [4.69, 9.17) is 0 Å². The Bertz CT molecular complexity index is 1150. The number of nitrogens with zero attached hydrogens (tertiary/aromatic N) is 5. The van der Waals surface area contributed by atoms with Crippen LogP contribution in [0.5, 0.6) is 0 Å².